The highest BCUT2D eigenvalue weighted by Gasteiger charge is 2.31. The summed E-state index contributed by atoms with van der Waals surface area (Å²) < 4.78 is 0. The van der Waals surface area contributed by atoms with Crippen molar-refractivity contribution in [3.63, 3.8) is 0 Å². The molecule has 0 bridgehead atoms. The molecule has 22 heavy (non-hydrogen) atoms. The van der Waals surface area contributed by atoms with Crippen LogP contribution in [0.1, 0.15) is 12.5 Å². The normalized spacial score (nSPS) is 17.5. The van der Waals surface area contributed by atoms with E-state index in [0.29, 0.717) is 11.4 Å². The molecule has 2 heterocycles. The smallest absolute Gasteiger partial charge is 0.148 e. The molecule has 0 saturated heterocycles. The molecule has 2 aromatic rings. The number of carbonyl (C=O) groups excluding carboxylic acids is 1. The molecule has 0 spiro atoms. The number of pyridine rings is 1. The Hall–Kier alpha value is -2.33. The van der Waals surface area contributed by atoms with Gasteiger partial charge in [-0.05, 0) is 48.7 Å². The van der Waals surface area contributed by atoms with Gasteiger partial charge in [0.2, 0.25) is 0 Å². The number of hydrogen-bond donors (Lipinski definition) is 1. The third-order valence-electron chi connectivity index (χ3n) is 3.74. The molecular formula is C17H16ClN3O. The van der Waals surface area contributed by atoms with E-state index in [0.717, 1.165) is 28.9 Å². The first kappa shape index (κ1) is 14.6. The highest BCUT2D eigenvalue weighted by atomic mass is 35.5. The van der Waals surface area contributed by atoms with Gasteiger partial charge in [0.05, 0.1) is 0 Å². The van der Waals surface area contributed by atoms with Crippen LogP contribution in [0.15, 0.2) is 59.9 Å². The molecule has 1 N–H and O–H groups in total. The molecule has 1 aliphatic heterocycles. The zero-order chi connectivity index (χ0) is 15.5. The molecule has 4 nitrogen and oxygen atoms in total. The third-order valence-corrected chi connectivity index (χ3v) is 3.99. The molecule has 1 atom stereocenters. The number of allylic oxidation sites excluding steroid dienone is 1. The molecule has 5 heteroatoms. The van der Waals surface area contributed by atoms with Crippen molar-refractivity contribution in [3.8, 4) is 0 Å². The van der Waals surface area contributed by atoms with E-state index in [1.54, 1.807) is 11.2 Å². The lowest BCUT2D eigenvalue weighted by Gasteiger charge is -2.23. The van der Waals surface area contributed by atoms with Gasteiger partial charge in [-0.25, -0.2) is 4.98 Å². The standard InChI is InChI=1S/C17H16ClN3O/c1-12-15(10-13-5-7-14(18)8-6-13)16(11-22)21(20-12)17-4-2-3-9-19-17/h2-9,11,16,20H,10H2,1H3. The van der Waals surface area contributed by atoms with Crippen LogP contribution in [0.4, 0.5) is 5.82 Å². The van der Waals surface area contributed by atoms with Crippen LogP contribution in [0.2, 0.25) is 5.02 Å². The molecule has 3 rings (SSSR count). The van der Waals surface area contributed by atoms with Crippen LogP contribution in [-0.2, 0) is 11.2 Å². The number of benzene rings is 1. The maximum Gasteiger partial charge on any atom is 0.148 e. The summed E-state index contributed by atoms with van der Waals surface area (Å²) in [6.45, 7) is 1.98. The number of nitrogens with one attached hydrogen (secondary N) is 1. The van der Waals surface area contributed by atoms with Crippen molar-refractivity contribution >= 4 is 23.7 Å². The molecule has 0 fully saturated rings. The zero-order valence-corrected chi connectivity index (χ0v) is 12.9. The van der Waals surface area contributed by atoms with Crippen LogP contribution in [0, 0.1) is 0 Å². The van der Waals surface area contributed by atoms with Gasteiger partial charge in [0.25, 0.3) is 0 Å². The summed E-state index contributed by atoms with van der Waals surface area (Å²) in [5.41, 5.74) is 6.40. The van der Waals surface area contributed by atoms with E-state index >= 15 is 0 Å². The van der Waals surface area contributed by atoms with Crippen molar-refractivity contribution in [2.75, 3.05) is 5.01 Å². The van der Waals surface area contributed by atoms with Crippen molar-refractivity contribution in [3.05, 3.63) is 70.5 Å². The quantitative estimate of drug-likeness (QED) is 0.881. The minimum absolute atomic E-state index is 0.356. The summed E-state index contributed by atoms with van der Waals surface area (Å²) in [5.74, 6) is 0.727. The lowest BCUT2D eigenvalue weighted by Crippen LogP contribution is -2.41. The Labute approximate surface area is 134 Å². The van der Waals surface area contributed by atoms with E-state index in [2.05, 4.69) is 10.4 Å². The Morgan fingerprint density at radius 3 is 2.68 bits per heavy atom. The summed E-state index contributed by atoms with van der Waals surface area (Å²) in [5, 5.41) is 2.51. The van der Waals surface area contributed by atoms with Crippen LogP contribution in [0.25, 0.3) is 0 Å². The van der Waals surface area contributed by atoms with E-state index in [9.17, 15) is 4.79 Å². The van der Waals surface area contributed by atoms with Crippen molar-refractivity contribution in [1.29, 1.82) is 0 Å². The van der Waals surface area contributed by atoms with E-state index in [4.69, 9.17) is 11.6 Å². The minimum Gasteiger partial charge on any atom is -0.301 e. The van der Waals surface area contributed by atoms with Crippen molar-refractivity contribution in [2.45, 2.75) is 19.4 Å². The number of anilines is 1. The maximum absolute atomic E-state index is 11.6. The van der Waals surface area contributed by atoms with Crippen molar-refractivity contribution in [2.24, 2.45) is 0 Å². The van der Waals surface area contributed by atoms with Gasteiger partial charge in [0.15, 0.2) is 0 Å². The van der Waals surface area contributed by atoms with E-state index in [-0.39, 0.29) is 6.04 Å². The predicted octanol–water partition coefficient (Wildman–Crippen LogP) is 3.14. The fourth-order valence-corrected chi connectivity index (χ4v) is 2.72. The van der Waals surface area contributed by atoms with Crippen LogP contribution >= 0.6 is 11.6 Å². The molecular weight excluding hydrogens is 298 g/mol. The minimum atomic E-state index is -0.356. The third kappa shape index (κ3) is 2.83. The first-order valence-corrected chi connectivity index (χ1v) is 7.43. The summed E-state index contributed by atoms with van der Waals surface area (Å²) in [4.78, 5) is 15.9. The maximum atomic E-state index is 11.6. The monoisotopic (exact) mass is 313 g/mol. The lowest BCUT2D eigenvalue weighted by atomic mass is 9.99. The fourth-order valence-electron chi connectivity index (χ4n) is 2.60. The van der Waals surface area contributed by atoms with Crippen LogP contribution in [0.5, 0.6) is 0 Å². The number of carbonyl (C=O) groups is 1. The average Bonchev–Trinajstić information content (AvgIpc) is 2.86. The Kier molecular flexibility index (Phi) is 4.11. The number of aromatic nitrogens is 1. The van der Waals surface area contributed by atoms with Gasteiger partial charge >= 0.3 is 0 Å². The Balaban J connectivity index is 1.86. The largest absolute Gasteiger partial charge is 0.301 e. The summed E-state index contributed by atoms with van der Waals surface area (Å²) in [6, 6.07) is 13.0. The molecule has 112 valence electrons. The van der Waals surface area contributed by atoms with Gasteiger partial charge in [0.1, 0.15) is 18.1 Å². The highest BCUT2D eigenvalue weighted by molar-refractivity contribution is 6.30. The van der Waals surface area contributed by atoms with Gasteiger partial charge in [-0.3, -0.25) is 5.01 Å². The number of aldehydes is 1. The summed E-state index contributed by atoms with van der Waals surface area (Å²) >= 11 is 5.92. The van der Waals surface area contributed by atoms with Crippen LogP contribution in [-0.4, -0.2) is 17.3 Å². The average molecular weight is 314 g/mol. The van der Waals surface area contributed by atoms with Gasteiger partial charge in [-0.2, -0.15) is 0 Å². The Morgan fingerprint density at radius 2 is 2.05 bits per heavy atom. The van der Waals surface area contributed by atoms with E-state index in [1.165, 1.54) is 0 Å². The predicted molar refractivity (Wildman–Crippen MR) is 87.6 cm³/mol. The second-order valence-corrected chi connectivity index (χ2v) is 5.64. The first-order chi connectivity index (χ1) is 10.7. The lowest BCUT2D eigenvalue weighted by molar-refractivity contribution is -0.108. The van der Waals surface area contributed by atoms with E-state index < -0.39 is 0 Å². The highest BCUT2D eigenvalue weighted by Crippen LogP contribution is 2.27. The number of nitrogens with zero attached hydrogens (tertiary/aromatic N) is 2. The Morgan fingerprint density at radius 1 is 1.27 bits per heavy atom. The van der Waals surface area contributed by atoms with Crippen molar-refractivity contribution in [1.82, 2.24) is 10.4 Å². The van der Waals surface area contributed by atoms with Crippen LogP contribution < -0.4 is 10.4 Å². The molecule has 1 unspecified atom stereocenters. The number of rotatable bonds is 4. The molecule has 1 aliphatic rings. The van der Waals surface area contributed by atoms with Crippen molar-refractivity contribution < 1.29 is 4.79 Å². The molecule has 0 saturated carbocycles. The van der Waals surface area contributed by atoms with Gasteiger partial charge < -0.3 is 10.2 Å². The molecule has 1 aromatic heterocycles. The van der Waals surface area contributed by atoms with Gasteiger partial charge in [0, 0.05) is 16.9 Å². The Bertz CT molecular complexity index is 698. The summed E-state index contributed by atoms with van der Waals surface area (Å²) in [6.07, 6.45) is 3.36. The molecule has 1 aromatic carbocycles. The number of hydrogen-bond acceptors (Lipinski definition) is 4. The second-order valence-electron chi connectivity index (χ2n) is 5.20. The number of halogens is 1. The molecule has 0 amide bonds. The summed E-state index contributed by atoms with van der Waals surface area (Å²) in [7, 11) is 0. The van der Waals surface area contributed by atoms with E-state index in [1.807, 2.05) is 49.4 Å². The molecule has 0 aliphatic carbocycles. The fraction of sp³-hybridized carbons (Fsp3) is 0.176. The second kappa shape index (κ2) is 6.20. The number of hydrazine groups is 1. The first-order valence-electron chi connectivity index (χ1n) is 7.05. The SMILES string of the molecule is CC1=C(Cc2ccc(Cl)cc2)C(C=O)N(c2ccccn2)N1. The molecule has 0 radical (unpaired) electrons. The van der Waals surface area contributed by atoms with Gasteiger partial charge in [-0.15, -0.1) is 0 Å². The van der Waals surface area contributed by atoms with Gasteiger partial charge in [-0.1, -0.05) is 29.8 Å². The zero-order valence-electron chi connectivity index (χ0n) is 12.2. The van der Waals surface area contributed by atoms with Crippen LogP contribution in [0.3, 0.4) is 0 Å². The topological polar surface area (TPSA) is 45.2 Å².